The number of allylic oxidation sites excluding steroid dienone is 2. The quantitative estimate of drug-likeness (QED) is 0.512. The van der Waals surface area contributed by atoms with Gasteiger partial charge in [-0.3, -0.25) is 9.59 Å². The lowest BCUT2D eigenvalue weighted by Crippen LogP contribution is -1.97. The highest BCUT2D eigenvalue weighted by Gasteiger charge is 2.04. The molecule has 0 unspecified atom stereocenters. The molecule has 0 heterocycles. The van der Waals surface area contributed by atoms with Crippen LogP contribution in [0.5, 0.6) is 11.5 Å². The van der Waals surface area contributed by atoms with Crippen LogP contribution in [0, 0.1) is 0 Å². The molecule has 0 radical (unpaired) electrons. The first-order valence-corrected chi connectivity index (χ1v) is 7.30. The number of ketones is 1. The van der Waals surface area contributed by atoms with E-state index in [0.717, 1.165) is 12.0 Å². The van der Waals surface area contributed by atoms with Crippen molar-refractivity contribution >= 4 is 11.8 Å². The van der Waals surface area contributed by atoms with Crippen LogP contribution in [-0.4, -0.2) is 29.1 Å². The second kappa shape index (κ2) is 9.60. The fourth-order valence-electron chi connectivity index (χ4n) is 1.98. The zero-order chi connectivity index (χ0) is 16.4. The smallest absolute Gasteiger partial charge is 0.303 e. The molecule has 0 aliphatic heterocycles. The number of hydrogen-bond acceptors (Lipinski definition) is 4. The summed E-state index contributed by atoms with van der Waals surface area (Å²) in [5, 5.41) is 18.0. The Bertz CT molecular complexity index is 534. The maximum absolute atomic E-state index is 11.7. The molecule has 0 fully saturated rings. The van der Waals surface area contributed by atoms with Crippen molar-refractivity contribution in [2.45, 2.75) is 38.5 Å². The van der Waals surface area contributed by atoms with Crippen molar-refractivity contribution in [3.05, 3.63) is 35.9 Å². The molecular weight excluding hydrogens is 284 g/mol. The first-order chi connectivity index (χ1) is 10.5. The van der Waals surface area contributed by atoms with E-state index in [1.807, 2.05) is 0 Å². The summed E-state index contributed by atoms with van der Waals surface area (Å²) < 4.78 is 5.02. The van der Waals surface area contributed by atoms with Gasteiger partial charge < -0.3 is 14.9 Å². The minimum absolute atomic E-state index is 0.0327. The van der Waals surface area contributed by atoms with Crippen molar-refractivity contribution in [1.82, 2.24) is 0 Å². The van der Waals surface area contributed by atoms with Gasteiger partial charge in [0.25, 0.3) is 0 Å². The number of benzene rings is 1. The molecule has 2 N–H and O–H groups in total. The van der Waals surface area contributed by atoms with Gasteiger partial charge in [0.15, 0.2) is 17.3 Å². The average molecular weight is 306 g/mol. The van der Waals surface area contributed by atoms with Crippen LogP contribution in [-0.2, 0) is 16.0 Å². The molecule has 0 spiro atoms. The van der Waals surface area contributed by atoms with Crippen molar-refractivity contribution in [2.75, 3.05) is 7.11 Å². The number of phenolic OH excluding ortho intramolecular Hbond substituents is 1. The minimum atomic E-state index is -0.788. The average Bonchev–Trinajstić information content (AvgIpc) is 2.49. The zero-order valence-electron chi connectivity index (χ0n) is 12.7. The van der Waals surface area contributed by atoms with E-state index in [4.69, 9.17) is 9.84 Å². The van der Waals surface area contributed by atoms with Gasteiger partial charge in [0.05, 0.1) is 7.11 Å². The molecule has 0 saturated carbocycles. The predicted molar refractivity (Wildman–Crippen MR) is 83.2 cm³/mol. The summed E-state index contributed by atoms with van der Waals surface area (Å²) in [6, 6.07) is 5.04. The third-order valence-corrected chi connectivity index (χ3v) is 3.22. The molecule has 0 aromatic heterocycles. The highest BCUT2D eigenvalue weighted by molar-refractivity contribution is 5.89. The lowest BCUT2D eigenvalue weighted by Gasteiger charge is -2.05. The van der Waals surface area contributed by atoms with E-state index in [1.165, 1.54) is 7.11 Å². The van der Waals surface area contributed by atoms with Crippen LogP contribution in [0.4, 0.5) is 0 Å². The molecule has 0 saturated heterocycles. The molecule has 5 heteroatoms. The Morgan fingerprint density at radius 2 is 2.00 bits per heavy atom. The monoisotopic (exact) mass is 306 g/mol. The maximum atomic E-state index is 11.7. The number of carboxylic acid groups (broad SMARTS) is 1. The molecule has 1 rings (SSSR count). The van der Waals surface area contributed by atoms with E-state index >= 15 is 0 Å². The molecule has 1 aromatic rings. The van der Waals surface area contributed by atoms with Crippen LogP contribution in [0.2, 0.25) is 0 Å². The van der Waals surface area contributed by atoms with Crippen LogP contribution in [0.25, 0.3) is 0 Å². The summed E-state index contributed by atoms with van der Waals surface area (Å²) in [6.07, 6.45) is 6.60. The van der Waals surface area contributed by atoms with Crippen molar-refractivity contribution < 1.29 is 24.5 Å². The molecule has 120 valence electrons. The lowest BCUT2D eigenvalue weighted by atomic mass is 10.1. The van der Waals surface area contributed by atoms with Gasteiger partial charge in [0, 0.05) is 12.8 Å². The molecule has 1 aromatic carbocycles. The number of hydrogen-bond donors (Lipinski definition) is 2. The zero-order valence-corrected chi connectivity index (χ0v) is 12.7. The fourth-order valence-corrected chi connectivity index (χ4v) is 1.98. The number of aryl methyl sites for hydroxylation is 1. The normalized spacial score (nSPS) is 10.8. The molecule has 0 bridgehead atoms. The summed E-state index contributed by atoms with van der Waals surface area (Å²) >= 11 is 0. The lowest BCUT2D eigenvalue weighted by molar-refractivity contribution is -0.137. The van der Waals surface area contributed by atoms with Gasteiger partial charge >= 0.3 is 5.97 Å². The molecule has 0 atom stereocenters. The SMILES string of the molecule is COc1cc(CCC(=O)C=CCCCCC(=O)O)ccc1O. The van der Waals surface area contributed by atoms with Gasteiger partial charge in [-0.1, -0.05) is 12.1 Å². The predicted octanol–water partition coefficient (Wildman–Crippen LogP) is 3.10. The van der Waals surface area contributed by atoms with Gasteiger partial charge in [0.2, 0.25) is 0 Å². The summed E-state index contributed by atoms with van der Waals surface area (Å²) in [7, 11) is 1.48. The minimum Gasteiger partial charge on any atom is -0.504 e. The Labute approximate surface area is 130 Å². The first kappa shape index (κ1) is 17.8. The van der Waals surface area contributed by atoms with E-state index < -0.39 is 5.97 Å². The summed E-state index contributed by atoms with van der Waals surface area (Å²) in [6.45, 7) is 0. The Hall–Kier alpha value is -2.30. The van der Waals surface area contributed by atoms with Crippen LogP contribution in [0.3, 0.4) is 0 Å². The Morgan fingerprint density at radius 3 is 2.68 bits per heavy atom. The highest BCUT2D eigenvalue weighted by atomic mass is 16.5. The number of rotatable bonds is 10. The molecular formula is C17H22O5. The van der Waals surface area contributed by atoms with Gasteiger partial charge in [-0.05, 0) is 49.5 Å². The number of carbonyl (C=O) groups is 2. The van der Waals surface area contributed by atoms with Crippen LogP contribution in [0.1, 0.15) is 37.7 Å². The number of carbonyl (C=O) groups excluding carboxylic acids is 1. The number of methoxy groups -OCH3 is 1. The van der Waals surface area contributed by atoms with Crippen LogP contribution < -0.4 is 4.74 Å². The van der Waals surface area contributed by atoms with E-state index in [2.05, 4.69) is 0 Å². The van der Waals surface area contributed by atoms with Crippen molar-refractivity contribution in [1.29, 1.82) is 0 Å². The number of aromatic hydroxyl groups is 1. The Kier molecular flexibility index (Phi) is 7.75. The van der Waals surface area contributed by atoms with Gasteiger partial charge in [-0.2, -0.15) is 0 Å². The molecule has 22 heavy (non-hydrogen) atoms. The van der Waals surface area contributed by atoms with Crippen molar-refractivity contribution in [3.63, 3.8) is 0 Å². The number of carboxylic acids is 1. The van der Waals surface area contributed by atoms with Crippen molar-refractivity contribution in [2.24, 2.45) is 0 Å². The first-order valence-electron chi connectivity index (χ1n) is 7.30. The van der Waals surface area contributed by atoms with E-state index in [-0.39, 0.29) is 18.0 Å². The van der Waals surface area contributed by atoms with Gasteiger partial charge in [-0.25, -0.2) is 0 Å². The van der Waals surface area contributed by atoms with Crippen LogP contribution in [0.15, 0.2) is 30.4 Å². The number of aliphatic carboxylic acids is 1. The van der Waals surface area contributed by atoms with Gasteiger partial charge in [-0.15, -0.1) is 0 Å². The summed E-state index contributed by atoms with van der Waals surface area (Å²) in [4.78, 5) is 22.0. The summed E-state index contributed by atoms with van der Waals surface area (Å²) in [5.41, 5.74) is 0.929. The van der Waals surface area contributed by atoms with Crippen LogP contribution >= 0.6 is 0 Å². The second-order valence-electron chi connectivity index (χ2n) is 5.01. The molecule has 0 aliphatic carbocycles. The maximum Gasteiger partial charge on any atom is 0.303 e. The van der Waals surface area contributed by atoms with E-state index in [9.17, 15) is 14.7 Å². The molecule has 0 aliphatic rings. The highest BCUT2D eigenvalue weighted by Crippen LogP contribution is 2.26. The molecule has 0 amide bonds. The van der Waals surface area contributed by atoms with E-state index in [0.29, 0.717) is 31.4 Å². The third kappa shape index (κ3) is 6.92. The van der Waals surface area contributed by atoms with E-state index in [1.54, 1.807) is 30.4 Å². The topological polar surface area (TPSA) is 83.8 Å². The molecule has 5 nitrogen and oxygen atoms in total. The summed E-state index contributed by atoms with van der Waals surface area (Å²) in [5.74, 6) is -0.271. The Morgan fingerprint density at radius 1 is 1.23 bits per heavy atom. The standard InChI is InChI=1S/C17H22O5/c1-22-16-12-13(9-11-15(16)19)8-10-14(18)6-4-2-3-5-7-17(20)21/h4,6,9,11-12,19H,2-3,5,7-8,10H2,1H3,(H,20,21). The number of phenols is 1. The third-order valence-electron chi connectivity index (χ3n) is 3.22. The second-order valence-corrected chi connectivity index (χ2v) is 5.01. The van der Waals surface area contributed by atoms with Gasteiger partial charge in [0.1, 0.15) is 0 Å². The Balaban J connectivity index is 2.29. The fraction of sp³-hybridized carbons (Fsp3) is 0.412. The van der Waals surface area contributed by atoms with Crippen molar-refractivity contribution in [3.8, 4) is 11.5 Å². The number of ether oxygens (including phenoxy) is 1. The number of unbranched alkanes of at least 4 members (excludes halogenated alkanes) is 2. The largest absolute Gasteiger partial charge is 0.504 e.